The molecule has 2 heterocycles. The van der Waals surface area contributed by atoms with Gasteiger partial charge in [0, 0.05) is 16.3 Å². The second-order valence-corrected chi connectivity index (χ2v) is 8.23. The first-order chi connectivity index (χ1) is 14.8. The summed E-state index contributed by atoms with van der Waals surface area (Å²) in [5.74, 6) is 1.27. The highest BCUT2D eigenvalue weighted by molar-refractivity contribution is 7.18. The molecule has 2 aromatic carbocycles. The predicted octanol–water partition coefficient (Wildman–Crippen LogP) is 6.01. The monoisotopic (exact) mass is 416 g/mol. The molecule has 1 aliphatic rings. The van der Waals surface area contributed by atoms with Gasteiger partial charge in [-0.2, -0.15) is 0 Å². The van der Waals surface area contributed by atoms with Crippen LogP contribution in [0.2, 0.25) is 0 Å². The number of rotatable bonds is 4. The summed E-state index contributed by atoms with van der Waals surface area (Å²) >= 11 is 1.75. The van der Waals surface area contributed by atoms with Crippen LogP contribution in [0.3, 0.4) is 0 Å². The number of carbonyl (C=O) groups excluding carboxylic acids is 1. The van der Waals surface area contributed by atoms with Gasteiger partial charge in [0.15, 0.2) is 0 Å². The summed E-state index contributed by atoms with van der Waals surface area (Å²) in [7, 11) is 0. The number of aryl methyl sites for hydroxylation is 2. The highest BCUT2D eigenvalue weighted by atomic mass is 32.1. The Kier molecular flexibility index (Phi) is 5.03. The molecule has 30 heavy (non-hydrogen) atoms. The Morgan fingerprint density at radius 3 is 2.43 bits per heavy atom. The number of hydrogen-bond acceptors (Lipinski definition) is 5. The molecule has 0 saturated heterocycles. The van der Waals surface area contributed by atoms with Gasteiger partial charge in [-0.25, -0.2) is 14.8 Å². The maximum absolute atomic E-state index is 12.1. The number of fused-ring (bicyclic) bond motifs is 3. The van der Waals surface area contributed by atoms with Crippen molar-refractivity contribution >= 4 is 39.0 Å². The normalized spacial score (nSPS) is 12.9. The average molecular weight is 417 g/mol. The van der Waals surface area contributed by atoms with E-state index >= 15 is 0 Å². The lowest BCUT2D eigenvalue weighted by Crippen LogP contribution is -2.19. The summed E-state index contributed by atoms with van der Waals surface area (Å²) < 4.78 is 6.10. The fraction of sp³-hybridized carbons (Fsp3) is 0.174. The van der Waals surface area contributed by atoms with E-state index in [0.29, 0.717) is 17.3 Å². The molecule has 0 unspecified atom stereocenters. The molecular weight excluding hydrogens is 396 g/mol. The lowest BCUT2D eigenvalue weighted by atomic mass is 9.97. The summed E-state index contributed by atoms with van der Waals surface area (Å²) in [5, 5.41) is 6.66. The number of para-hydroxylation sites is 1. The third-order valence-corrected chi connectivity index (χ3v) is 6.27. The van der Waals surface area contributed by atoms with Crippen molar-refractivity contribution in [2.24, 2.45) is 0 Å². The van der Waals surface area contributed by atoms with Gasteiger partial charge in [-0.15, -0.1) is 11.3 Å². The number of thiophene rings is 1. The lowest BCUT2D eigenvalue weighted by molar-refractivity contribution is 0.262. The molecule has 0 aliphatic heterocycles. The number of urea groups is 1. The van der Waals surface area contributed by atoms with Crippen LogP contribution in [0.5, 0.6) is 11.6 Å². The van der Waals surface area contributed by atoms with Crippen LogP contribution in [0.25, 0.3) is 10.2 Å². The molecule has 2 N–H and O–H groups in total. The minimum absolute atomic E-state index is 0.294. The van der Waals surface area contributed by atoms with Gasteiger partial charge in [0.25, 0.3) is 0 Å². The van der Waals surface area contributed by atoms with Crippen LogP contribution in [0.4, 0.5) is 16.2 Å². The number of amides is 2. The molecule has 0 bridgehead atoms. The van der Waals surface area contributed by atoms with Crippen LogP contribution in [0, 0.1) is 0 Å². The van der Waals surface area contributed by atoms with Gasteiger partial charge in [-0.3, -0.25) is 0 Å². The molecule has 5 rings (SSSR count). The van der Waals surface area contributed by atoms with Crippen LogP contribution in [-0.4, -0.2) is 16.0 Å². The Bertz CT molecular complexity index is 1190. The quantitative estimate of drug-likeness (QED) is 0.427. The zero-order valence-corrected chi connectivity index (χ0v) is 17.0. The fourth-order valence-corrected chi connectivity index (χ4v) is 4.89. The van der Waals surface area contributed by atoms with Crippen LogP contribution < -0.4 is 15.4 Å². The van der Waals surface area contributed by atoms with Crippen molar-refractivity contribution in [1.82, 2.24) is 9.97 Å². The average Bonchev–Trinajstić information content (AvgIpc) is 3.15. The molecule has 1 aliphatic carbocycles. The molecule has 7 heteroatoms. The maximum Gasteiger partial charge on any atom is 0.323 e. The van der Waals surface area contributed by atoms with Crippen LogP contribution >= 0.6 is 11.3 Å². The van der Waals surface area contributed by atoms with Gasteiger partial charge in [0.1, 0.15) is 16.9 Å². The van der Waals surface area contributed by atoms with Gasteiger partial charge in [-0.05, 0) is 67.6 Å². The topological polar surface area (TPSA) is 76.1 Å². The van der Waals surface area contributed by atoms with Crippen LogP contribution in [-0.2, 0) is 12.8 Å². The summed E-state index contributed by atoms with van der Waals surface area (Å²) in [4.78, 5) is 23.4. The molecule has 2 aromatic heterocycles. The Morgan fingerprint density at radius 1 is 0.900 bits per heavy atom. The molecule has 0 radical (unpaired) electrons. The van der Waals surface area contributed by atoms with E-state index in [4.69, 9.17) is 4.74 Å². The van der Waals surface area contributed by atoms with E-state index in [0.717, 1.165) is 28.7 Å². The molecule has 0 fully saturated rings. The Hall–Kier alpha value is -3.45. The number of nitrogens with zero attached hydrogens (tertiary/aromatic N) is 2. The number of carbonyl (C=O) groups is 1. The maximum atomic E-state index is 12.1. The SMILES string of the molecule is O=C(Nc1ccccc1)Nc1ccc(Oc2ncnc3sc4c(c23)CCCC4)cc1. The van der Waals surface area contributed by atoms with E-state index in [2.05, 4.69) is 20.6 Å². The van der Waals surface area contributed by atoms with E-state index in [-0.39, 0.29) is 6.03 Å². The second kappa shape index (κ2) is 8.12. The number of anilines is 2. The van der Waals surface area contributed by atoms with E-state index in [9.17, 15) is 4.79 Å². The van der Waals surface area contributed by atoms with Gasteiger partial charge in [-0.1, -0.05) is 18.2 Å². The molecule has 0 atom stereocenters. The Labute approximate surface area is 178 Å². The van der Waals surface area contributed by atoms with E-state index in [1.165, 1.54) is 23.3 Å². The molecule has 2 amide bonds. The van der Waals surface area contributed by atoms with E-state index < -0.39 is 0 Å². The predicted molar refractivity (Wildman–Crippen MR) is 120 cm³/mol. The smallest absolute Gasteiger partial charge is 0.323 e. The van der Waals surface area contributed by atoms with Crippen molar-refractivity contribution in [2.75, 3.05) is 10.6 Å². The third-order valence-electron chi connectivity index (χ3n) is 5.07. The summed E-state index contributed by atoms with van der Waals surface area (Å²) in [6.45, 7) is 0. The van der Waals surface area contributed by atoms with Gasteiger partial charge < -0.3 is 15.4 Å². The van der Waals surface area contributed by atoms with Crippen molar-refractivity contribution in [3.05, 3.63) is 71.4 Å². The molecule has 6 nitrogen and oxygen atoms in total. The Morgan fingerprint density at radius 2 is 1.63 bits per heavy atom. The van der Waals surface area contributed by atoms with Crippen molar-refractivity contribution in [2.45, 2.75) is 25.7 Å². The van der Waals surface area contributed by atoms with Crippen molar-refractivity contribution in [1.29, 1.82) is 0 Å². The lowest BCUT2D eigenvalue weighted by Gasteiger charge is -2.12. The highest BCUT2D eigenvalue weighted by Crippen LogP contribution is 2.40. The van der Waals surface area contributed by atoms with Gasteiger partial charge >= 0.3 is 6.03 Å². The first-order valence-corrected chi connectivity index (χ1v) is 10.7. The van der Waals surface area contributed by atoms with Gasteiger partial charge in [0.05, 0.1) is 5.39 Å². The number of ether oxygens (including phenoxy) is 1. The minimum Gasteiger partial charge on any atom is -0.438 e. The zero-order valence-electron chi connectivity index (χ0n) is 16.2. The molecule has 0 spiro atoms. The number of hydrogen-bond donors (Lipinski definition) is 2. The fourth-order valence-electron chi connectivity index (χ4n) is 3.67. The van der Waals surface area contributed by atoms with Gasteiger partial charge in [0.2, 0.25) is 5.88 Å². The zero-order chi connectivity index (χ0) is 20.3. The van der Waals surface area contributed by atoms with Crippen LogP contribution in [0.15, 0.2) is 60.9 Å². The standard InChI is InChI=1S/C23H20N4O2S/c28-23(26-15-6-2-1-3-7-15)27-16-10-12-17(13-11-16)29-21-20-18-8-4-5-9-19(18)30-22(20)25-14-24-21/h1-3,6-7,10-14H,4-5,8-9H2,(H2,26,27,28). The first kappa shape index (κ1) is 18.6. The summed E-state index contributed by atoms with van der Waals surface area (Å²) in [6, 6.07) is 16.3. The molecule has 0 saturated carbocycles. The van der Waals surface area contributed by atoms with Crippen LogP contribution in [0.1, 0.15) is 23.3 Å². The molecule has 4 aromatic rings. The number of nitrogens with one attached hydrogen (secondary N) is 2. The van der Waals surface area contributed by atoms with Crippen molar-refractivity contribution in [3.63, 3.8) is 0 Å². The molecular formula is C23H20N4O2S. The second-order valence-electron chi connectivity index (χ2n) is 7.14. The van der Waals surface area contributed by atoms with E-state index in [1.807, 2.05) is 42.5 Å². The first-order valence-electron chi connectivity index (χ1n) is 9.92. The summed E-state index contributed by atoms with van der Waals surface area (Å²) in [6.07, 6.45) is 6.15. The van der Waals surface area contributed by atoms with E-state index in [1.54, 1.807) is 29.8 Å². The third kappa shape index (κ3) is 3.84. The number of aromatic nitrogens is 2. The summed E-state index contributed by atoms with van der Waals surface area (Å²) in [5.41, 5.74) is 2.76. The highest BCUT2D eigenvalue weighted by Gasteiger charge is 2.20. The van der Waals surface area contributed by atoms with Crippen molar-refractivity contribution in [3.8, 4) is 11.6 Å². The largest absolute Gasteiger partial charge is 0.438 e. The van der Waals surface area contributed by atoms with Crippen molar-refractivity contribution < 1.29 is 9.53 Å². The minimum atomic E-state index is -0.294. The number of benzene rings is 2. The Balaban J connectivity index is 1.31. The molecule has 150 valence electrons.